The summed E-state index contributed by atoms with van der Waals surface area (Å²) < 4.78 is 0. The predicted octanol–water partition coefficient (Wildman–Crippen LogP) is 4.31. The van der Waals surface area contributed by atoms with Crippen LogP contribution in [0.15, 0.2) is 47.4 Å². The molecule has 3 nitrogen and oxygen atoms in total. The largest absolute Gasteiger partial charge is 0.399 e. The Hall–Kier alpha value is -1.36. The van der Waals surface area contributed by atoms with Gasteiger partial charge in [-0.05, 0) is 42.5 Å². The minimum absolute atomic E-state index is 0.141. The standard InChI is InChI=1S/C14H12Cl2N2OS/c15-9-1-4-11(5-2-9)20-8-14(19)18-13-7-10(17)3-6-12(13)16/h1-7H,8,17H2,(H,18,19). The average Bonchev–Trinajstić information content (AvgIpc) is 2.42. The van der Waals surface area contributed by atoms with Crippen LogP contribution in [0.25, 0.3) is 0 Å². The van der Waals surface area contributed by atoms with Crippen molar-refractivity contribution in [1.29, 1.82) is 0 Å². The van der Waals surface area contributed by atoms with E-state index in [1.165, 1.54) is 11.8 Å². The SMILES string of the molecule is Nc1ccc(Cl)c(NC(=O)CSc2ccc(Cl)cc2)c1. The summed E-state index contributed by atoms with van der Waals surface area (Å²) in [5, 5.41) is 3.87. The van der Waals surface area contributed by atoms with Crippen molar-refractivity contribution < 1.29 is 4.79 Å². The lowest BCUT2D eigenvalue weighted by molar-refractivity contribution is -0.113. The fourth-order valence-corrected chi connectivity index (χ4v) is 2.49. The molecule has 6 heteroatoms. The first kappa shape index (κ1) is 15.0. The monoisotopic (exact) mass is 326 g/mol. The lowest BCUT2D eigenvalue weighted by atomic mass is 10.3. The van der Waals surface area contributed by atoms with Crippen molar-refractivity contribution in [1.82, 2.24) is 0 Å². The number of thioether (sulfide) groups is 1. The molecule has 1 amide bonds. The van der Waals surface area contributed by atoms with Gasteiger partial charge in [-0.15, -0.1) is 11.8 Å². The summed E-state index contributed by atoms with van der Waals surface area (Å²) >= 11 is 13.2. The summed E-state index contributed by atoms with van der Waals surface area (Å²) in [6, 6.07) is 12.3. The molecule has 0 aliphatic rings. The van der Waals surface area contributed by atoms with Gasteiger partial charge in [0, 0.05) is 15.6 Å². The van der Waals surface area contributed by atoms with Crippen LogP contribution in [0.1, 0.15) is 0 Å². The molecule has 104 valence electrons. The second-order valence-electron chi connectivity index (χ2n) is 4.03. The molecular weight excluding hydrogens is 315 g/mol. The fourth-order valence-electron chi connectivity index (χ4n) is 1.50. The highest BCUT2D eigenvalue weighted by Gasteiger charge is 2.07. The second kappa shape index (κ2) is 6.88. The Kier molecular flexibility index (Phi) is 5.17. The van der Waals surface area contributed by atoms with Gasteiger partial charge in [0.2, 0.25) is 5.91 Å². The molecule has 2 aromatic rings. The molecule has 0 radical (unpaired) electrons. The number of rotatable bonds is 4. The number of halogens is 2. The van der Waals surface area contributed by atoms with Crippen molar-refractivity contribution in [3.8, 4) is 0 Å². The van der Waals surface area contributed by atoms with Crippen LogP contribution >= 0.6 is 35.0 Å². The Morgan fingerprint density at radius 1 is 1.15 bits per heavy atom. The predicted molar refractivity (Wildman–Crippen MR) is 86.7 cm³/mol. The normalized spacial score (nSPS) is 10.3. The Bertz CT molecular complexity index is 617. The van der Waals surface area contributed by atoms with Crippen LogP contribution in [0.2, 0.25) is 10.0 Å². The second-order valence-corrected chi connectivity index (χ2v) is 5.92. The Balaban J connectivity index is 1.92. The zero-order valence-electron chi connectivity index (χ0n) is 10.4. The van der Waals surface area contributed by atoms with E-state index in [0.29, 0.717) is 21.4 Å². The van der Waals surface area contributed by atoms with Gasteiger partial charge < -0.3 is 11.1 Å². The van der Waals surface area contributed by atoms with Crippen LogP contribution in [-0.4, -0.2) is 11.7 Å². The third-order valence-electron chi connectivity index (χ3n) is 2.45. The van der Waals surface area contributed by atoms with Gasteiger partial charge in [0.05, 0.1) is 16.5 Å². The minimum atomic E-state index is -0.141. The van der Waals surface area contributed by atoms with Crippen LogP contribution in [0.4, 0.5) is 11.4 Å². The van der Waals surface area contributed by atoms with E-state index in [9.17, 15) is 4.79 Å². The highest BCUT2D eigenvalue weighted by Crippen LogP contribution is 2.25. The maximum Gasteiger partial charge on any atom is 0.234 e. The van der Waals surface area contributed by atoms with Gasteiger partial charge in [-0.3, -0.25) is 4.79 Å². The lowest BCUT2D eigenvalue weighted by Crippen LogP contribution is -2.14. The molecule has 0 spiro atoms. The molecule has 0 aromatic heterocycles. The van der Waals surface area contributed by atoms with E-state index in [4.69, 9.17) is 28.9 Å². The van der Waals surface area contributed by atoms with Gasteiger partial charge in [0.25, 0.3) is 0 Å². The zero-order chi connectivity index (χ0) is 14.5. The van der Waals surface area contributed by atoms with E-state index in [2.05, 4.69) is 5.32 Å². The van der Waals surface area contributed by atoms with Crippen molar-refractivity contribution in [2.45, 2.75) is 4.90 Å². The molecule has 0 aliphatic heterocycles. The third-order valence-corrected chi connectivity index (χ3v) is 4.04. The summed E-state index contributed by atoms with van der Waals surface area (Å²) in [5.41, 5.74) is 6.73. The molecule has 0 unspecified atom stereocenters. The van der Waals surface area contributed by atoms with Crippen molar-refractivity contribution in [3.05, 3.63) is 52.5 Å². The zero-order valence-corrected chi connectivity index (χ0v) is 12.7. The number of hydrogen-bond acceptors (Lipinski definition) is 3. The van der Waals surface area contributed by atoms with Gasteiger partial charge in [0.1, 0.15) is 0 Å². The molecule has 0 heterocycles. The third kappa shape index (κ3) is 4.34. The van der Waals surface area contributed by atoms with E-state index in [0.717, 1.165) is 4.90 Å². The number of carbonyl (C=O) groups is 1. The maximum atomic E-state index is 11.9. The van der Waals surface area contributed by atoms with Crippen LogP contribution in [0.5, 0.6) is 0 Å². The summed E-state index contributed by atoms with van der Waals surface area (Å²) in [6.45, 7) is 0. The molecule has 0 bridgehead atoms. The van der Waals surface area contributed by atoms with Crippen molar-refractivity contribution in [2.24, 2.45) is 0 Å². The van der Waals surface area contributed by atoms with E-state index >= 15 is 0 Å². The van der Waals surface area contributed by atoms with E-state index in [-0.39, 0.29) is 11.7 Å². The van der Waals surface area contributed by atoms with Gasteiger partial charge >= 0.3 is 0 Å². The molecule has 3 N–H and O–H groups in total. The minimum Gasteiger partial charge on any atom is -0.399 e. The average molecular weight is 327 g/mol. The highest BCUT2D eigenvalue weighted by atomic mass is 35.5. The quantitative estimate of drug-likeness (QED) is 0.650. The van der Waals surface area contributed by atoms with Crippen LogP contribution in [0, 0.1) is 0 Å². The first-order valence-corrected chi connectivity index (χ1v) is 7.52. The lowest BCUT2D eigenvalue weighted by Gasteiger charge is -2.08. The number of amides is 1. The maximum absolute atomic E-state index is 11.9. The van der Waals surface area contributed by atoms with Crippen LogP contribution in [0.3, 0.4) is 0 Å². The molecule has 20 heavy (non-hydrogen) atoms. The first-order chi connectivity index (χ1) is 9.54. The van der Waals surface area contributed by atoms with Gasteiger partial charge in [-0.1, -0.05) is 23.2 Å². The molecule has 0 atom stereocenters. The first-order valence-electron chi connectivity index (χ1n) is 5.78. The fraction of sp³-hybridized carbons (Fsp3) is 0.0714. The number of nitrogen functional groups attached to an aromatic ring is 1. The Morgan fingerprint density at radius 2 is 1.85 bits per heavy atom. The highest BCUT2D eigenvalue weighted by molar-refractivity contribution is 8.00. The number of nitrogens with one attached hydrogen (secondary N) is 1. The molecular formula is C14H12Cl2N2OS. The molecule has 0 aliphatic carbocycles. The summed E-state index contributed by atoms with van der Waals surface area (Å²) in [6.07, 6.45) is 0. The smallest absolute Gasteiger partial charge is 0.234 e. The summed E-state index contributed by atoms with van der Waals surface area (Å²) in [4.78, 5) is 12.8. The molecule has 0 fully saturated rings. The summed E-state index contributed by atoms with van der Waals surface area (Å²) in [7, 11) is 0. The summed E-state index contributed by atoms with van der Waals surface area (Å²) in [5.74, 6) is 0.143. The topological polar surface area (TPSA) is 55.1 Å². The van der Waals surface area contributed by atoms with Gasteiger partial charge in [-0.25, -0.2) is 0 Å². The van der Waals surface area contributed by atoms with Gasteiger partial charge in [-0.2, -0.15) is 0 Å². The van der Waals surface area contributed by atoms with Crippen molar-refractivity contribution in [2.75, 3.05) is 16.8 Å². The van der Waals surface area contributed by atoms with E-state index in [1.54, 1.807) is 30.3 Å². The number of nitrogens with two attached hydrogens (primary N) is 1. The number of benzene rings is 2. The number of carbonyl (C=O) groups excluding carboxylic acids is 1. The van der Waals surface area contributed by atoms with Crippen LogP contribution in [-0.2, 0) is 4.79 Å². The number of hydrogen-bond donors (Lipinski definition) is 2. The van der Waals surface area contributed by atoms with Crippen molar-refractivity contribution >= 4 is 52.2 Å². The van der Waals surface area contributed by atoms with E-state index in [1.807, 2.05) is 12.1 Å². The van der Waals surface area contributed by atoms with Crippen LogP contribution < -0.4 is 11.1 Å². The molecule has 0 saturated heterocycles. The molecule has 0 saturated carbocycles. The van der Waals surface area contributed by atoms with E-state index < -0.39 is 0 Å². The Labute approximate surface area is 131 Å². The van der Waals surface area contributed by atoms with Crippen molar-refractivity contribution in [3.63, 3.8) is 0 Å². The van der Waals surface area contributed by atoms with Gasteiger partial charge in [0.15, 0.2) is 0 Å². The molecule has 2 rings (SSSR count). The molecule has 2 aromatic carbocycles. The number of anilines is 2. The Morgan fingerprint density at radius 3 is 2.55 bits per heavy atom.